The number of carboxylic acid groups (broad SMARTS) is 1. The molecular formula is C16H23FN2O2. The minimum atomic E-state index is -1.02. The standard InChI is InChI=1S/C16H23FN2O2/c1-2-19-7-5-12(6-8-19)10-18-11-14-9-13(16(20)21)3-4-15(14)17/h3-4,9,12,18H,2,5-8,10-11H2,1H3,(H,20,21). The predicted molar refractivity (Wildman–Crippen MR) is 79.9 cm³/mol. The molecule has 5 heteroatoms. The molecule has 1 fully saturated rings. The Labute approximate surface area is 125 Å². The first-order valence-electron chi connectivity index (χ1n) is 7.55. The molecule has 21 heavy (non-hydrogen) atoms. The molecule has 2 N–H and O–H groups in total. The van der Waals surface area contributed by atoms with Crippen LogP contribution in [-0.2, 0) is 6.54 Å². The smallest absolute Gasteiger partial charge is 0.335 e. The van der Waals surface area contributed by atoms with Gasteiger partial charge in [-0.25, -0.2) is 9.18 Å². The molecule has 116 valence electrons. The summed E-state index contributed by atoms with van der Waals surface area (Å²) < 4.78 is 13.7. The van der Waals surface area contributed by atoms with Gasteiger partial charge < -0.3 is 15.3 Å². The zero-order valence-corrected chi connectivity index (χ0v) is 12.4. The van der Waals surface area contributed by atoms with Crippen LogP contribution in [0.2, 0.25) is 0 Å². The molecular weight excluding hydrogens is 271 g/mol. The topological polar surface area (TPSA) is 52.6 Å². The predicted octanol–water partition coefficient (Wildman–Crippen LogP) is 2.35. The van der Waals surface area contributed by atoms with Gasteiger partial charge in [0.2, 0.25) is 0 Å². The summed E-state index contributed by atoms with van der Waals surface area (Å²) in [5.74, 6) is -0.755. The van der Waals surface area contributed by atoms with E-state index in [1.54, 1.807) is 0 Å². The maximum Gasteiger partial charge on any atom is 0.335 e. The number of hydrogen-bond donors (Lipinski definition) is 2. The maximum absolute atomic E-state index is 13.7. The van der Waals surface area contributed by atoms with E-state index in [2.05, 4.69) is 17.1 Å². The first-order valence-corrected chi connectivity index (χ1v) is 7.55. The van der Waals surface area contributed by atoms with E-state index in [0.717, 1.165) is 26.2 Å². The van der Waals surface area contributed by atoms with E-state index in [4.69, 9.17) is 5.11 Å². The highest BCUT2D eigenvalue weighted by atomic mass is 19.1. The van der Waals surface area contributed by atoms with Gasteiger partial charge >= 0.3 is 5.97 Å². The van der Waals surface area contributed by atoms with Crippen LogP contribution < -0.4 is 5.32 Å². The normalized spacial score (nSPS) is 17.0. The van der Waals surface area contributed by atoms with Gasteiger partial charge in [-0.05, 0) is 63.1 Å². The molecule has 4 nitrogen and oxygen atoms in total. The van der Waals surface area contributed by atoms with Crippen LogP contribution in [0.1, 0.15) is 35.7 Å². The Hall–Kier alpha value is -1.46. The Kier molecular flexibility index (Phi) is 5.70. The fourth-order valence-electron chi connectivity index (χ4n) is 2.76. The summed E-state index contributed by atoms with van der Waals surface area (Å²) in [5.41, 5.74) is 0.547. The molecule has 0 aromatic heterocycles. The number of rotatable bonds is 6. The van der Waals surface area contributed by atoms with Crippen molar-refractivity contribution in [3.63, 3.8) is 0 Å². The van der Waals surface area contributed by atoms with Crippen molar-refractivity contribution in [2.45, 2.75) is 26.3 Å². The molecule has 0 aliphatic carbocycles. The number of nitrogens with one attached hydrogen (secondary N) is 1. The van der Waals surface area contributed by atoms with Crippen LogP contribution in [-0.4, -0.2) is 42.2 Å². The molecule has 1 heterocycles. The highest BCUT2D eigenvalue weighted by Crippen LogP contribution is 2.16. The summed E-state index contributed by atoms with van der Waals surface area (Å²) in [6, 6.07) is 3.92. The maximum atomic E-state index is 13.7. The van der Waals surface area contributed by atoms with Crippen molar-refractivity contribution in [2.75, 3.05) is 26.2 Å². The lowest BCUT2D eigenvalue weighted by Crippen LogP contribution is -2.37. The molecule has 0 saturated carbocycles. The number of carboxylic acids is 1. The summed E-state index contributed by atoms with van der Waals surface area (Å²) in [5, 5.41) is 12.2. The molecule has 1 aliphatic heterocycles. The van der Waals surface area contributed by atoms with Crippen LogP contribution in [0.3, 0.4) is 0 Å². The zero-order chi connectivity index (χ0) is 15.2. The van der Waals surface area contributed by atoms with Crippen molar-refractivity contribution in [3.05, 3.63) is 35.1 Å². The number of aromatic carboxylic acids is 1. The van der Waals surface area contributed by atoms with Gasteiger partial charge in [-0.15, -0.1) is 0 Å². The highest BCUT2D eigenvalue weighted by Gasteiger charge is 2.17. The van der Waals surface area contributed by atoms with Gasteiger partial charge in [0.1, 0.15) is 5.82 Å². The summed E-state index contributed by atoms with van der Waals surface area (Å²) in [7, 11) is 0. The van der Waals surface area contributed by atoms with E-state index in [9.17, 15) is 9.18 Å². The van der Waals surface area contributed by atoms with Crippen molar-refractivity contribution in [3.8, 4) is 0 Å². The summed E-state index contributed by atoms with van der Waals surface area (Å²) in [6.45, 7) is 6.77. The SMILES string of the molecule is CCN1CCC(CNCc2cc(C(=O)O)ccc2F)CC1. The highest BCUT2D eigenvalue weighted by molar-refractivity contribution is 5.87. The largest absolute Gasteiger partial charge is 0.478 e. The molecule has 1 aromatic rings. The van der Waals surface area contributed by atoms with Gasteiger partial charge in [-0.1, -0.05) is 6.92 Å². The molecule has 0 atom stereocenters. The minimum absolute atomic E-state index is 0.129. The Morgan fingerprint density at radius 1 is 1.43 bits per heavy atom. The van der Waals surface area contributed by atoms with Gasteiger partial charge in [0, 0.05) is 12.1 Å². The average molecular weight is 294 g/mol. The van der Waals surface area contributed by atoms with Gasteiger partial charge in [0.25, 0.3) is 0 Å². The number of carbonyl (C=O) groups is 1. The molecule has 2 rings (SSSR count). The van der Waals surface area contributed by atoms with Crippen molar-refractivity contribution in [2.24, 2.45) is 5.92 Å². The fraction of sp³-hybridized carbons (Fsp3) is 0.562. The average Bonchev–Trinajstić information content (AvgIpc) is 2.49. The van der Waals surface area contributed by atoms with Gasteiger partial charge in [0.05, 0.1) is 5.56 Å². The molecule has 0 radical (unpaired) electrons. The van der Waals surface area contributed by atoms with Crippen molar-refractivity contribution >= 4 is 5.97 Å². The third-order valence-corrected chi connectivity index (χ3v) is 4.20. The second-order valence-corrected chi connectivity index (χ2v) is 5.62. The third-order valence-electron chi connectivity index (χ3n) is 4.20. The Bertz CT molecular complexity index is 485. The van der Waals surface area contributed by atoms with Crippen molar-refractivity contribution in [1.82, 2.24) is 10.2 Å². The van der Waals surface area contributed by atoms with E-state index in [0.29, 0.717) is 18.0 Å². The van der Waals surface area contributed by atoms with Gasteiger partial charge in [-0.2, -0.15) is 0 Å². The van der Waals surface area contributed by atoms with Crippen LogP contribution in [0.4, 0.5) is 4.39 Å². The van der Waals surface area contributed by atoms with Crippen molar-refractivity contribution < 1.29 is 14.3 Å². The third kappa shape index (κ3) is 4.51. The van der Waals surface area contributed by atoms with E-state index in [1.165, 1.54) is 31.0 Å². The summed E-state index contributed by atoms with van der Waals surface area (Å²) >= 11 is 0. The Morgan fingerprint density at radius 2 is 2.14 bits per heavy atom. The molecule has 1 aromatic carbocycles. The monoisotopic (exact) mass is 294 g/mol. The first-order chi connectivity index (χ1) is 10.1. The van der Waals surface area contributed by atoms with Crippen LogP contribution in [0.15, 0.2) is 18.2 Å². The molecule has 0 spiro atoms. The lowest BCUT2D eigenvalue weighted by Gasteiger charge is -2.31. The summed E-state index contributed by atoms with van der Waals surface area (Å²) in [6.07, 6.45) is 2.33. The van der Waals surface area contributed by atoms with Crippen LogP contribution in [0.25, 0.3) is 0 Å². The minimum Gasteiger partial charge on any atom is -0.478 e. The number of halogens is 1. The molecule has 1 aliphatic rings. The van der Waals surface area contributed by atoms with E-state index >= 15 is 0 Å². The number of likely N-dealkylation sites (tertiary alicyclic amines) is 1. The van der Waals surface area contributed by atoms with Gasteiger partial charge in [0.15, 0.2) is 0 Å². The second-order valence-electron chi connectivity index (χ2n) is 5.62. The van der Waals surface area contributed by atoms with Crippen LogP contribution in [0, 0.1) is 11.7 Å². The van der Waals surface area contributed by atoms with E-state index in [1.807, 2.05) is 0 Å². The lowest BCUT2D eigenvalue weighted by molar-refractivity contribution is 0.0696. The number of nitrogens with zero attached hydrogens (tertiary/aromatic N) is 1. The van der Waals surface area contributed by atoms with E-state index < -0.39 is 5.97 Å². The van der Waals surface area contributed by atoms with Crippen LogP contribution in [0.5, 0.6) is 0 Å². The Morgan fingerprint density at radius 3 is 2.76 bits per heavy atom. The molecule has 0 bridgehead atoms. The van der Waals surface area contributed by atoms with Crippen molar-refractivity contribution in [1.29, 1.82) is 0 Å². The van der Waals surface area contributed by atoms with E-state index in [-0.39, 0.29) is 11.4 Å². The summed E-state index contributed by atoms with van der Waals surface area (Å²) in [4.78, 5) is 13.3. The molecule has 0 amide bonds. The number of benzene rings is 1. The molecule has 0 unspecified atom stereocenters. The fourth-order valence-corrected chi connectivity index (χ4v) is 2.76. The first kappa shape index (κ1) is 15.9. The van der Waals surface area contributed by atoms with Gasteiger partial charge in [-0.3, -0.25) is 0 Å². The number of piperidine rings is 1. The number of hydrogen-bond acceptors (Lipinski definition) is 3. The van der Waals surface area contributed by atoms with Crippen LogP contribution >= 0.6 is 0 Å². The lowest BCUT2D eigenvalue weighted by atomic mass is 9.97. The second kappa shape index (κ2) is 7.52. The Balaban J connectivity index is 1.81. The molecule has 1 saturated heterocycles. The zero-order valence-electron chi connectivity index (χ0n) is 12.4. The quantitative estimate of drug-likeness (QED) is 0.845.